The van der Waals surface area contributed by atoms with Gasteiger partial charge in [0.15, 0.2) is 0 Å². The van der Waals surface area contributed by atoms with Gasteiger partial charge in [0.2, 0.25) is 0 Å². The number of aromatic amines is 1. The summed E-state index contributed by atoms with van der Waals surface area (Å²) in [5, 5.41) is 3.79. The van der Waals surface area contributed by atoms with Gasteiger partial charge in [-0.1, -0.05) is 30.3 Å². The number of nitrogens with zero attached hydrogens (tertiary/aromatic N) is 3. The van der Waals surface area contributed by atoms with Crippen molar-refractivity contribution in [2.45, 2.75) is 39.5 Å². The molecule has 7 heteroatoms. The zero-order valence-electron chi connectivity index (χ0n) is 15.4. The van der Waals surface area contributed by atoms with Gasteiger partial charge in [-0.3, -0.25) is 9.69 Å². The fourth-order valence-corrected chi connectivity index (χ4v) is 3.28. The molecule has 0 atom stereocenters. The first-order valence-electron chi connectivity index (χ1n) is 9.10. The molecule has 1 aliphatic rings. The number of rotatable bonds is 5. The molecule has 1 N–H and O–H groups in total. The van der Waals surface area contributed by atoms with Gasteiger partial charge in [0.05, 0.1) is 6.10 Å². The molecular weight excluding hydrogens is 344 g/mol. The molecule has 1 aliphatic heterocycles. The molecule has 1 aromatic carbocycles. The third-order valence-electron chi connectivity index (χ3n) is 4.52. The highest BCUT2D eigenvalue weighted by Crippen LogP contribution is 2.23. The van der Waals surface area contributed by atoms with Crippen molar-refractivity contribution < 1.29 is 9.26 Å². The van der Waals surface area contributed by atoms with Crippen LogP contribution in [0.4, 0.5) is 0 Å². The summed E-state index contributed by atoms with van der Waals surface area (Å²) in [4.78, 5) is 22.0. The second-order valence-electron chi connectivity index (χ2n) is 7.01. The lowest BCUT2D eigenvalue weighted by molar-refractivity contribution is 0.212. The molecular formula is C20H22N4O3. The van der Waals surface area contributed by atoms with Gasteiger partial charge in [0.1, 0.15) is 5.56 Å². The predicted molar refractivity (Wildman–Crippen MR) is 100 cm³/mol. The predicted octanol–water partition coefficient (Wildman–Crippen LogP) is 2.77. The summed E-state index contributed by atoms with van der Waals surface area (Å²) in [7, 11) is 0. The van der Waals surface area contributed by atoms with Gasteiger partial charge in [-0.15, -0.1) is 0 Å². The summed E-state index contributed by atoms with van der Waals surface area (Å²) in [6.07, 6.45) is 0.743. The minimum absolute atomic E-state index is 0.0659. The van der Waals surface area contributed by atoms with Crippen LogP contribution in [0.5, 0.6) is 6.01 Å². The molecule has 27 heavy (non-hydrogen) atoms. The van der Waals surface area contributed by atoms with Crippen LogP contribution in [0.15, 0.2) is 45.7 Å². The van der Waals surface area contributed by atoms with E-state index in [1.165, 1.54) is 5.56 Å². The van der Waals surface area contributed by atoms with Gasteiger partial charge < -0.3 is 14.2 Å². The fourth-order valence-electron chi connectivity index (χ4n) is 3.28. The number of benzene rings is 1. The highest BCUT2D eigenvalue weighted by molar-refractivity contribution is 5.53. The van der Waals surface area contributed by atoms with Crippen molar-refractivity contribution in [1.82, 2.24) is 20.0 Å². The Labute approximate surface area is 157 Å². The molecule has 0 spiro atoms. The summed E-state index contributed by atoms with van der Waals surface area (Å²) in [6.45, 7) is 6.30. The van der Waals surface area contributed by atoms with Crippen LogP contribution in [0.2, 0.25) is 0 Å². The Balaban J connectivity index is 1.57. The van der Waals surface area contributed by atoms with E-state index >= 15 is 0 Å². The molecule has 140 valence electrons. The number of nitrogens with one attached hydrogen (secondary N) is 1. The molecule has 0 radical (unpaired) electrons. The number of fused-ring (bicyclic) bond motifs is 1. The standard InChI is InChI=1S/C20H22N4O3/c1-13(2)26-20-22-19(27-23-20)16-10-15-12-24(9-8-17(15)21-18(16)25)11-14-6-4-3-5-7-14/h3-7,10,13H,8-9,11-12H2,1-2H3,(H,21,25). The molecule has 7 nitrogen and oxygen atoms in total. The van der Waals surface area contributed by atoms with Crippen molar-refractivity contribution in [1.29, 1.82) is 0 Å². The summed E-state index contributed by atoms with van der Waals surface area (Å²) in [5.74, 6) is 0.176. The Kier molecular flexibility index (Phi) is 4.77. The van der Waals surface area contributed by atoms with Gasteiger partial charge in [-0.25, -0.2) is 0 Å². The van der Waals surface area contributed by atoms with Crippen molar-refractivity contribution in [3.63, 3.8) is 0 Å². The van der Waals surface area contributed by atoms with Gasteiger partial charge in [0.25, 0.3) is 11.4 Å². The van der Waals surface area contributed by atoms with Crippen LogP contribution in [0.25, 0.3) is 11.5 Å². The number of hydrogen-bond donors (Lipinski definition) is 1. The van der Waals surface area contributed by atoms with Crippen molar-refractivity contribution >= 4 is 0 Å². The maximum Gasteiger partial charge on any atom is 0.354 e. The summed E-state index contributed by atoms with van der Waals surface area (Å²) < 4.78 is 10.6. The van der Waals surface area contributed by atoms with E-state index in [2.05, 4.69) is 44.3 Å². The Hall–Kier alpha value is -2.93. The Morgan fingerprint density at radius 2 is 2.11 bits per heavy atom. The lowest BCUT2D eigenvalue weighted by Gasteiger charge is -2.28. The summed E-state index contributed by atoms with van der Waals surface area (Å²) in [6, 6.07) is 12.4. The van der Waals surface area contributed by atoms with Crippen LogP contribution in [0.1, 0.15) is 30.7 Å². The van der Waals surface area contributed by atoms with Crippen molar-refractivity contribution in [2.24, 2.45) is 0 Å². The lowest BCUT2D eigenvalue weighted by atomic mass is 10.0. The number of pyridine rings is 1. The number of ether oxygens (including phenoxy) is 1. The van der Waals surface area contributed by atoms with Crippen LogP contribution in [0, 0.1) is 0 Å². The Bertz CT molecular complexity index is 978. The zero-order chi connectivity index (χ0) is 18.8. The van der Waals surface area contributed by atoms with Gasteiger partial charge in [0, 0.05) is 31.7 Å². The van der Waals surface area contributed by atoms with Crippen molar-refractivity contribution in [3.8, 4) is 17.5 Å². The molecule has 0 fully saturated rings. The molecule has 2 aromatic heterocycles. The van der Waals surface area contributed by atoms with E-state index in [0.29, 0.717) is 5.56 Å². The third kappa shape index (κ3) is 3.93. The van der Waals surface area contributed by atoms with Crippen LogP contribution < -0.4 is 10.3 Å². The van der Waals surface area contributed by atoms with E-state index < -0.39 is 0 Å². The molecule has 0 bridgehead atoms. The maximum atomic E-state index is 12.5. The van der Waals surface area contributed by atoms with Crippen LogP contribution in [-0.4, -0.2) is 32.7 Å². The first-order chi connectivity index (χ1) is 13.1. The van der Waals surface area contributed by atoms with Gasteiger partial charge >= 0.3 is 6.01 Å². The van der Waals surface area contributed by atoms with Crippen LogP contribution >= 0.6 is 0 Å². The third-order valence-corrected chi connectivity index (χ3v) is 4.52. The van der Waals surface area contributed by atoms with E-state index in [-0.39, 0.29) is 23.6 Å². The molecule has 0 unspecified atom stereocenters. The second-order valence-corrected chi connectivity index (χ2v) is 7.01. The average molecular weight is 366 g/mol. The molecule has 0 aliphatic carbocycles. The zero-order valence-corrected chi connectivity index (χ0v) is 15.4. The highest BCUT2D eigenvalue weighted by Gasteiger charge is 2.21. The van der Waals surface area contributed by atoms with Crippen LogP contribution in [-0.2, 0) is 19.5 Å². The highest BCUT2D eigenvalue weighted by atomic mass is 16.6. The van der Waals surface area contributed by atoms with Crippen molar-refractivity contribution in [2.75, 3.05) is 6.54 Å². The largest absolute Gasteiger partial charge is 0.459 e. The molecule has 4 rings (SSSR count). The Morgan fingerprint density at radius 1 is 1.30 bits per heavy atom. The second kappa shape index (κ2) is 7.36. The summed E-state index contributed by atoms with van der Waals surface area (Å²) in [5.41, 5.74) is 3.49. The topological polar surface area (TPSA) is 84.2 Å². The number of hydrogen-bond acceptors (Lipinski definition) is 6. The van der Waals surface area contributed by atoms with E-state index in [1.807, 2.05) is 26.0 Å². The average Bonchev–Trinajstić information content (AvgIpc) is 3.10. The molecule has 3 aromatic rings. The smallest absolute Gasteiger partial charge is 0.354 e. The minimum atomic E-state index is -0.218. The molecule has 0 saturated carbocycles. The SMILES string of the molecule is CC(C)Oc1noc(-c2cc3c([nH]c2=O)CCN(Cc2ccccc2)C3)n1. The van der Waals surface area contributed by atoms with E-state index in [9.17, 15) is 4.79 Å². The van der Waals surface area contributed by atoms with Gasteiger partial charge in [-0.2, -0.15) is 4.98 Å². The number of H-pyrrole nitrogens is 1. The van der Waals surface area contributed by atoms with Crippen molar-refractivity contribution in [3.05, 3.63) is 63.6 Å². The van der Waals surface area contributed by atoms with Gasteiger partial charge in [-0.05, 0) is 36.2 Å². The van der Waals surface area contributed by atoms with E-state index in [1.54, 1.807) is 0 Å². The minimum Gasteiger partial charge on any atom is -0.459 e. The van der Waals surface area contributed by atoms with E-state index in [4.69, 9.17) is 9.26 Å². The first-order valence-corrected chi connectivity index (χ1v) is 9.10. The molecule has 0 amide bonds. The molecule has 3 heterocycles. The Morgan fingerprint density at radius 3 is 2.89 bits per heavy atom. The summed E-state index contributed by atoms with van der Waals surface area (Å²) >= 11 is 0. The first kappa shape index (κ1) is 17.5. The fraction of sp³-hybridized carbons (Fsp3) is 0.350. The monoisotopic (exact) mass is 366 g/mol. The van der Waals surface area contributed by atoms with E-state index in [0.717, 1.165) is 37.3 Å². The quantitative estimate of drug-likeness (QED) is 0.747. The number of aromatic nitrogens is 3. The normalized spacial score (nSPS) is 14.3. The maximum absolute atomic E-state index is 12.5. The lowest BCUT2D eigenvalue weighted by Crippen LogP contribution is -2.32. The van der Waals surface area contributed by atoms with Crippen LogP contribution in [0.3, 0.4) is 0 Å². The molecule has 0 saturated heterocycles.